The van der Waals surface area contributed by atoms with E-state index in [0.29, 0.717) is 0 Å². The molecule has 0 unspecified atom stereocenters. The largest absolute Gasteiger partial charge is 0.460 e. The minimum Gasteiger partial charge on any atom is -0.460 e. The summed E-state index contributed by atoms with van der Waals surface area (Å²) in [7, 11) is 0. The van der Waals surface area contributed by atoms with E-state index in [4.69, 9.17) is 26.7 Å². The average Bonchev–Trinajstić information content (AvgIpc) is 2.90. The summed E-state index contributed by atoms with van der Waals surface area (Å²) in [6.45, 7) is 2.31. The number of esters is 1. The number of rotatable bonds is 5. The van der Waals surface area contributed by atoms with E-state index in [1.807, 2.05) is 6.07 Å². The first-order valence-electron chi connectivity index (χ1n) is 9.09. The van der Waals surface area contributed by atoms with Crippen LogP contribution in [0.3, 0.4) is 0 Å². The number of hydrogen-bond donors (Lipinski definition) is 1. The van der Waals surface area contributed by atoms with Crippen LogP contribution in [0, 0.1) is 17.1 Å². The number of hydrogen-bond acceptors (Lipinski definition) is 6. The number of aliphatic hydroxyl groups excluding tert-OH is 1. The molecule has 8 nitrogen and oxygen atoms in total. The molecule has 1 fully saturated rings. The predicted octanol–water partition coefficient (Wildman–Crippen LogP) is 3.25. The number of nitriles is 1. The number of benzene rings is 2. The highest BCUT2D eigenvalue weighted by molar-refractivity contribution is 6.33. The Bertz CT molecular complexity index is 1130. The molecule has 0 aliphatic carbocycles. The van der Waals surface area contributed by atoms with Gasteiger partial charge in [-0.15, -0.1) is 0 Å². The van der Waals surface area contributed by atoms with Crippen molar-refractivity contribution in [2.45, 2.75) is 19.4 Å². The first kappa shape index (κ1) is 22.2. The molecular formula is C21H17ClFN3O5. The number of imide groups is 1. The van der Waals surface area contributed by atoms with Crippen LogP contribution in [0.1, 0.15) is 29.8 Å². The highest BCUT2D eigenvalue weighted by atomic mass is 35.5. The normalized spacial score (nSPS) is 15.2. The Hall–Kier alpha value is -3.48. The third-order valence-electron chi connectivity index (χ3n) is 4.75. The van der Waals surface area contributed by atoms with Crippen molar-refractivity contribution in [1.29, 1.82) is 5.26 Å². The molecule has 3 amide bonds. The first-order chi connectivity index (χ1) is 14.6. The molecule has 1 N–H and O–H groups in total. The van der Waals surface area contributed by atoms with Crippen molar-refractivity contribution in [3.8, 4) is 6.07 Å². The molecule has 160 valence electrons. The average molecular weight is 446 g/mol. The van der Waals surface area contributed by atoms with Crippen molar-refractivity contribution in [3.63, 3.8) is 0 Å². The van der Waals surface area contributed by atoms with Gasteiger partial charge in [0.25, 0.3) is 5.91 Å². The minimum absolute atomic E-state index is 0.0572. The molecule has 1 heterocycles. The summed E-state index contributed by atoms with van der Waals surface area (Å²) in [5.41, 5.74) is -1.33. The van der Waals surface area contributed by atoms with Gasteiger partial charge in [-0.3, -0.25) is 9.69 Å². The molecule has 0 bridgehead atoms. The molecule has 2 aromatic carbocycles. The number of ether oxygens (including phenoxy) is 1. The van der Waals surface area contributed by atoms with Crippen molar-refractivity contribution in [2.75, 3.05) is 23.0 Å². The molecule has 2 aromatic rings. The Labute approximate surface area is 182 Å². The zero-order chi connectivity index (χ0) is 22.9. The van der Waals surface area contributed by atoms with Gasteiger partial charge in [0.1, 0.15) is 24.0 Å². The molecule has 1 aliphatic heterocycles. The number of aliphatic hydroxyl groups is 1. The third kappa shape index (κ3) is 3.83. The molecule has 0 saturated carbocycles. The van der Waals surface area contributed by atoms with Gasteiger partial charge in [-0.1, -0.05) is 11.6 Å². The molecule has 31 heavy (non-hydrogen) atoms. The van der Waals surface area contributed by atoms with E-state index in [1.54, 1.807) is 0 Å². The van der Waals surface area contributed by atoms with Gasteiger partial charge >= 0.3 is 12.0 Å². The maximum Gasteiger partial charge on any atom is 0.341 e. The molecule has 0 atom stereocenters. The van der Waals surface area contributed by atoms with Gasteiger partial charge in [0.05, 0.1) is 28.4 Å². The Morgan fingerprint density at radius 2 is 1.90 bits per heavy atom. The maximum absolute atomic E-state index is 14.6. The van der Waals surface area contributed by atoms with Crippen molar-refractivity contribution < 1.29 is 28.6 Å². The third-order valence-corrected chi connectivity index (χ3v) is 5.07. The SMILES string of the molecule is CC1(C)C(=O)N(c2ccc(C#N)c(Cl)c2)C(=O)N1c1ccc(C(=O)OCCO)c(F)c1. The summed E-state index contributed by atoms with van der Waals surface area (Å²) in [4.78, 5) is 40.1. The van der Waals surface area contributed by atoms with Crippen LogP contribution in [0.2, 0.25) is 5.02 Å². The van der Waals surface area contributed by atoms with Crippen LogP contribution in [0.4, 0.5) is 20.6 Å². The number of anilines is 2. The summed E-state index contributed by atoms with van der Waals surface area (Å²) in [6, 6.07) is 8.70. The highest BCUT2D eigenvalue weighted by Gasteiger charge is 2.52. The van der Waals surface area contributed by atoms with Gasteiger partial charge in [-0.25, -0.2) is 18.9 Å². The smallest absolute Gasteiger partial charge is 0.341 e. The van der Waals surface area contributed by atoms with Crippen LogP contribution in [-0.4, -0.2) is 41.8 Å². The van der Waals surface area contributed by atoms with Gasteiger partial charge in [0.15, 0.2) is 0 Å². The Morgan fingerprint density at radius 1 is 1.23 bits per heavy atom. The number of nitrogens with zero attached hydrogens (tertiary/aromatic N) is 3. The molecule has 0 spiro atoms. The highest BCUT2D eigenvalue weighted by Crippen LogP contribution is 2.37. The topological polar surface area (TPSA) is 111 Å². The van der Waals surface area contributed by atoms with Gasteiger partial charge in [0.2, 0.25) is 0 Å². The van der Waals surface area contributed by atoms with Crippen LogP contribution in [0.25, 0.3) is 0 Å². The summed E-state index contributed by atoms with van der Waals surface area (Å²) < 4.78 is 19.3. The number of halogens is 2. The lowest BCUT2D eigenvalue weighted by Gasteiger charge is -2.27. The second-order valence-corrected chi connectivity index (χ2v) is 7.52. The monoisotopic (exact) mass is 445 g/mol. The maximum atomic E-state index is 14.6. The van der Waals surface area contributed by atoms with E-state index < -0.39 is 35.9 Å². The lowest BCUT2D eigenvalue weighted by Crippen LogP contribution is -2.44. The Kier molecular flexibility index (Phi) is 5.97. The summed E-state index contributed by atoms with van der Waals surface area (Å²) in [5, 5.41) is 17.8. The Balaban J connectivity index is 1.99. The number of urea groups is 1. The number of carbonyl (C=O) groups is 3. The second kappa shape index (κ2) is 8.34. The second-order valence-electron chi connectivity index (χ2n) is 7.12. The van der Waals surface area contributed by atoms with Gasteiger partial charge < -0.3 is 9.84 Å². The van der Waals surface area contributed by atoms with Gasteiger partial charge in [-0.2, -0.15) is 5.26 Å². The van der Waals surface area contributed by atoms with E-state index in [-0.39, 0.29) is 34.1 Å². The molecule has 3 rings (SSSR count). The molecule has 1 aliphatic rings. The molecule has 0 radical (unpaired) electrons. The quantitative estimate of drug-likeness (QED) is 0.558. The van der Waals surface area contributed by atoms with Crippen molar-refractivity contribution in [1.82, 2.24) is 0 Å². The fourth-order valence-corrected chi connectivity index (χ4v) is 3.43. The van der Waals surface area contributed by atoms with E-state index in [2.05, 4.69) is 0 Å². The van der Waals surface area contributed by atoms with E-state index >= 15 is 0 Å². The standard InChI is InChI=1S/C21H17ClFN3O5/c1-21(2)19(29)25(13-4-3-12(11-24)16(22)9-13)20(30)26(21)14-5-6-15(17(23)10-14)18(28)31-8-7-27/h3-6,9-10,27H,7-8H2,1-2H3. The van der Waals surface area contributed by atoms with Crippen LogP contribution < -0.4 is 9.80 Å². The summed E-state index contributed by atoms with van der Waals surface area (Å²) >= 11 is 6.04. The van der Waals surface area contributed by atoms with Crippen LogP contribution in [0.15, 0.2) is 36.4 Å². The number of amides is 3. The van der Waals surface area contributed by atoms with Crippen molar-refractivity contribution in [3.05, 3.63) is 58.4 Å². The summed E-state index contributed by atoms with van der Waals surface area (Å²) in [5.74, 6) is -2.49. The van der Waals surface area contributed by atoms with E-state index in [9.17, 15) is 18.8 Å². The minimum atomic E-state index is -1.37. The number of carbonyl (C=O) groups excluding carboxylic acids is 3. The molecular weight excluding hydrogens is 429 g/mol. The van der Waals surface area contributed by atoms with Crippen LogP contribution in [0.5, 0.6) is 0 Å². The zero-order valence-corrected chi connectivity index (χ0v) is 17.3. The molecule has 1 saturated heterocycles. The van der Waals surface area contributed by atoms with Crippen LogP contribution in [-0.2, 0) is 9.53 Å². The lowest BCUT2D eigenvalue weighted by molar-refractivity contribution is -0.120. The lowest BCUT2D eigenvalue weighted by atomic mass is 10.0. The predicted molar refractivity (Wildman–Crippen MR) is 109 cm³/mol. The first-order valence-corrected chi connectivity index (χ1v) is 9.47. The van der Waals surface area contributed by atoms with Crippen molar-refractivity contribution >= 4 is 40.9 Å². The van der Waals surface area contributed by atoms with Crippen molar-refractivity contribution in [2.24, 2.45) is 0 Å². The van der Waals surface area contributed by atoms with Crippen LogP contribution >= 0.6 is 11.6 Å². The van der Waals surface area contributed by atoms with Gasteiger partial charge in [0, 0.05) is 5.69 Å². The van der Waals surface area contributed by atoms with E-state index in [0.717, 1.165) is 21.9 Å². The zero-order valence-electron chi connectivity index (χ0n) is 16.6. The molecule has 10 heteroatoms. The summed E-state index contributed by atoms with van der Waals surface area (Å²) in [6.07, 6.45) is 0. The van der Waals surface area contributed by atoms with Gasteiger partial charge in [-0.05, 0) is 50.2 Å². The van der Waals surface area contributed by atoms with E-state index in [1.165, 1.54) is 38.1 Å². The fourth-order valence-electron chi connectivity index (χ4n) is 3.21. The fraction of sp³-hybridized carbons (Fsp3) is 0.238. The Morgan fingerprint density at radius 3 is 2.48 bits per heavy atom. The molecule has 0 aromatic heterocycles.